The predicted molar refractivity (Wildman–Crippen MR) is 48.1 cm³/mol. The quantitative estimate of drug-likeness (QED) is 0.584. The van der Waals surface area contributed by atoms with E-state index in [0.717, 1.165) is 12.1 Å². The van der Waals surface area contributed by atoms with Crippen LogP contribution in [0.1, 0.15) is 12.0 Å². The zero-order valence-corrected chi connectivity index (χ0v) is 8.02. The van der Waals surface area contributed by atoms with Crippen molar-refractivity contribution in [2.45, 2.75) is 6.43 Å². The van der Waals surface area contributed by atoms with Crippen LogP contribution in [0, 0.1) is 10.1 Å². The minimum absolute atomic E-state index is 0.132. The standard InChI is InChI=1S/C7H3Cl2F2NO2/c8-3-1-2-4(12(13)14)5(6(3)9)7(10)11/h1-2,7H. The Kier molecular flexibility index (Phi) is 3.23. The molecule has 3 nitrogen and oxygen atoms in total. The highest BCUT2D eigenvalue weighted by Crippen LogP contribution is 2.38. The molecule has 1 aromatic rings. The molecule has 0 aromatic heterocycles. The molecule has 0 bridgehead atoms. The van der Waals surface area contributed by atoms with E-state index in [2.05, 4.69) is 0 Å². The Morgan fingerprint density at radius 1 is 1.36 bits per heavy atom. The normalized spacial score (nSPS) is 10.6. The molecule has 0 aliphatic heterocycles. The Bertz CT molecular complexity index is 384. The molecule has 0 saturated carbocycles. The van der Waals surface area contributed by atoms with Gasteiger partial charge in [0.25, 0.3) is 12.1 Å². The van der Waals surface area contributed by atoms with Crippen LogP contribution in [0.5, 0.6) is 0 Å². The van der Waals surface area contributed by atoms with Gasteiger partial charge in [-0.3, -0.25) is 10.1 Å². The molecule has 1 aromatic carbocycles. The number of nitro groups is 1. The van der Waals surface area contributed by atoms with E-state index in [9.17, 15) is 18.9 Å². The minimum Gasteiger partial charge on any atom is -0.258 e. The van der Waals surface area contributed by atoms with Crippen molar-refractivity contribution >= 4 is 28.9 Å². The zero-order chi connectivity index (χ0) is 10.9. The van der Waals surface area contributed by atoms with E-state index in [1.165, 1.54) is 0 Å². The average molecular weight is 242 g/mol. The number of nitro benzene ring substituents is 1. The first-order valence-corrected chi connectivity index (χ1v) is 4.11. The van der Waals surface area contributed by atoms with Crippen LogP contribution in [-0.2, 0) is 0 Å². The maximum absolute atomic E-state index is 12.4. The number of hydrogen-bond acceptors (Lipinski definition) is 2. The fraction of sp³-hybridized carbons (Fsp3) is 0.143. The molecule has 0 unspecified atom stereocenters. The topological polar surface area (TPSA) is 43.1 Å². The van der Waals surface area contributed by atoms with E-state index < -0.39 is 27.6 Å². The highest BCUT2D eigenvalue weighted by atomic mass is 35.5. The Morgan fingerprint density at radius 3 is 2.36 bits per heavy atom. The van der Waals surface area contributed by atoms with Crippen molar-refractivity contribution in [2.24, 2.45) is 0 Å². The maximum atomic E-state index is 12.4. The third-order valence-electron chi connectivity index (χ3n) is 1.52. The summed E-state index contributed by atoms with van der Waals surface area (Å²) in [5.74, 6) is 0. The molecule has 0 spiro atoms. The van der Waals surface area contributed by atoms with Crippen LogP contribution in [0.15, 0.2) is 12.1 Å². The summed E-state index contributed by atoms with van der Waals surface area (Å²) in [5.41, 5.74) is -1.57. The molecule has 0 fully saturated rings. The van der Waals surface area contributed by atoms with Gasteiger partial charge in [-0.05, 0) is 6.07 Å². The third-order valence-corrected chi connectivity index (χ3v) is 2.34. The Hall–Kier alpha value is -0.940. The molecule has 0 aliphatic carbocycles. The molecular weight excluding hydrogens is 239 g/mol. The third kappa shape index (κ3) is 1.93. The number of benzene rings is 1. The predicted octanol–water partition coefficient (Wildman–Crippen LogP) is 3.84. The van der Waals surface area contributed by atoms with Crippen molar-refractivity contribution in [1.29, 1.82) is 0 Å². The van der Waals surface area contributed by atoms with Crippen molar-refractivity contribution in [3.8, 4) is 0 Å². The second-order valence-corrected chi connectivity index (χ2v) is 3.14. The lowest BCUT2D eigenvalue weighted by Gasteiger charge is -2.04. The van der Waals surface area contributed by atoms with E-state index in [1.54, 1.807) is 0 Å². The van der Waals surface area contributed by atoms with Gasteiger partial charge in [0, 0.05) is 6.07 Å². The summed E-state index contributed by atoms with van der Waals surface area (Å²) >= 11 is 10.9. The summed E-state index contributed by atoms with van der Waals surface area (Å²) in [7, 11) is 0. The fourth-order valence-electron chi connectivity index (χ4n) is 0.923. The van der Waals surface area contributed by atoms with Gasteiger partial charge in [-0.15, -0.1) is 0 Å². The maximum Gasteiger partial charge on any atom is 0.279 e. The molecule has 1 rings (SSSR count). The molecule has 0 saturated heterocycles. The van der Waals surface area contributed by atoms with Crippen molar-refractivity contribution in [1.82, 2.24) is 0 Å². The van der Waals surface area contributed by atoms with Gasteiger partial charge in [0.2, 0.25) is 0 Å². The van der Waals surface area contributed by atoms with Gasteiger partial charge in [-0.25, -0.2) is 8.78 Å². The second-order valence-electron chi connectivity index (χ2n) is 2.35. The van der Waals surface area contributed by atoms with Crippen LogP contribution in [0.4, 0.5) is 14.5 Å². The molecule has 0 radical (unpaired) electrons. The summed E-state index contributed by atoms with van der Waals surface area (Å²) in [4.78, 5) is 9.43. The van der Waals surface area contributed by atoms with Gasteiger partial charge in [0.05, 0.1) is 15.0 Å². The van der Waals surface area contributed by atoms with Gasteiger partial charge in [0.1, 0.15) is 5.56 Å². The first-order chi connectivity index (χ1) is 6.45. The van der Waals surface area contributed by atoms with Crippen molar-refractivity contribution in [3.05, 3.63) is 37.9 Å². The monoisotopic (exact) mass is 241 g/mol. The Morgan fingerprint density at radius 2 is 1.93 bits per heavy atom. The Balaban J connectivity index is 3.45. The summed E-state index contributed by atoms with van der Waals surface area (Å²) in [6.07, 6.45) is -3.03. The van der Waals surface area contributed by atoms with Crippen LogP contribution in [-0.4, -0.2) is 4.92 Å². The fourth-order valence-corrected chi connectivity index (χ4v) is 1.33. The lowest BCUT2D eigenvalue weighted by atomic mass is 10.2. The van der Waals surface area contributed by atoms with E-state index in [0.29, 0.717) is 0 Å². The van der Waals surface area contributed by atoms with Crippen LogP contribution in [0.2, 0.25) is 10.0 Å². The average Bonchev–Trinajstić information content (AvgIpc) is 2.08. The van der Waals surface area contributed by atoms with Gasteiger partial charge >= 0.3 is 0 Å². The largest absolute Gasteiger partial charge is 0.279 e. The van der Waals surface area contributed by atoms with Crippen LogP contribution in [0.3, 0.4) is 0 Å². The number of alkyl halides is 2. The van der Waals surface area contributed by atoms with E-state index in [4.69, 9.17) is 23.2 Å². The molecular formula is C7H3Cl2F2NO2. The number of halogens is 4. The highest BCUT2D eigenvalue weighted by Gasteiger charge is 2.26. The summed E-state index contributed by atoms with van der Waals surface area (Å²) < 4.78 is 24.8. The number of hydrogen-bond donors (Lipinski definition) is 0. The van der Waals surface area contributed by atoms with E-state index in [-0.39, 0.29) is 5.02 Å². The van der Waals surface area contributed by atoms with Crippen LogP contribution in [0.25, 0.3) is 0 Å². The summed E-state index contributed by atoms with van der Waals surface area (Å²) in [6.45, 7) is 0. The second kappa shape index (κ2) is 4.06. The summed E-state index contributed by atoms with van der Waals surface area (Å²) in [5, 5.41) is 9.75. The van der Waals surface area contributed by atoms with Crippen LogP contribution < -0.4 is 0 Å². The van der Waals surface area contributed by atoms with E-state index in [1.807, 2.05) is 0 Å². The van der Waals surface area contributed by atoms with Crippen molar-refractivity contribution in [2.75, 3.05) is 0 Å². The van der Waals surface area contributed by atoms with Crippen LogP contribution >= 0.6 is 23.2 Å². The van der Waals surface area contributed by atoms with Crippen molar-refractivity contribution < 1.29 is 13.7 Å². The first kappa shape index (κ1) is 11.1. The summed E-state index contributed by atoms with van der Waals surface area (Å²) in [6, 6.07) is 2.00. The Labute approximate surface area is 87.4 Å². The smallest absolute Gasteiger partial charge is 0.258 e. The molecule has 0 aliphatic rings. The molecule has 0 atom stereocenters. The highest BCUT2D eigenvalue weighted by molar-refractivity contribution is 6.42. The van der Waals surface area contributed by atoms with Gasteiger partial charge in [-0.2, -0.15) is 0 Å². The molecule has 7 heteroatoms. The molecule has 76 valence electrons. The lowest BCUT2D eigenvalue weighted by molar-refractivity contribution is -0.386. The van der Waals surface area contributed by atoms with Gasteiger partial charge < -0.3 is 0 Å². The molecule has 0 amide bonds. The first-order valence-electron chi connectivity index (χ1n) is 3.35. The SMILES string of the molecule is O=[N+]([O-])c1ccc(Cl)c(Cl)c1C(F)F. The number of nitrogens with zero attached hydrogens (tertiary/aromatic N) is 1. The molecule has 14 heavy (non-hydrogen) atoms. The van der Waals surface area contributed by atoms with Gasteiger partial charge in [-0.1, -0.05) is 23.2 Å². The zero-order valence-electron chi connectivity index (χ0n) is 6.51. The molecule has 0 heterocycles. The lowest BCUT2D eigenvalue weighted by Crippen LogP contribution is -1.97. The molecule has 0 N–H and O–H groups in total. The minimum atomic E-state index is -3.03. The van der Waals surface area contributed by atoms with Crippen molar-refractivity contribution in [3.63, 3.8) is 0 Å². The van der Waals surface area contributed by atoms with Gasteiger partial charge in [0.15, 0.2) is 0 Å². The number of rotatable bonds is 2. The van der Waals surface area contributed by atoms with E-state index >= 15 is 0 Å².